The van der Waals surface area contributed by atoms with Gasteiger partial charge in [0.1, 0.15) is 5.82 Å². The fourth-order valence-corrected chi connectivity index (χ4v) is 2.57. The number of aliphatic carboxylic acids is 1. The lowest BCUT2D eigenvalue weighted by atomic mass is 9.84. The maximum absolute atomic E-state index is 13.0. The Kier molecular flexibility index (Phi) is 6.25. The predicted molar refractivity (Wildman–Crippen MR) is 73.9 cm³/mol. The molecule has 0 heterocycles. The first-order chi connectivity index (χ1) is 8.66. The van der Waals surface area contributed by atoms with Gasteiger partial charge in [-0.25, -0.2) is 4.39 Å². The van der Waals surface area contributed by atoms with Crippen molar-refractivity contribution in [3.63, 3.8) is 0 Å². The molecule has 2 atom stereocenters. The van der Waals surface area contributed by atoms with Crippen LogP contribution in [0.25, 0.3) is 0 Å². The van der Waals surface area contributed by atoms with Gasteiger partial charge in [0.05, 0.1) is 5.92 Å². The van der Waals surface area contributed by atoms with Gasteiger partial charge in [-0.1, -0.05) is 25.0 Å². The van der Waals surface area contributed by atoms with E-state index in [-0.39, 0.29) is 30.2 Å². The summed E-state index contributed by atoms with van der Waals surface area (Å²) in [6.07, 6.45) is 3.65. The van der Waals surface area contributed by atoms with E-state index in [1.54, 1.807) is 6.07 Å². The highest BCUT2D eigenvalue weighted by atomic mass is 35.5. The SMILES string of the molecule is Cl.O=C(O)C1CCCCC1NCc1cccc(F)c1. The van der Waals surface area contributed by atoms with Crippen LogP contribution in [-0.2, 0) is 11.3 Å². The Morgan fingerprint density at radius 2 is 2.11 bits per heavy atom. The lowest BCUT2D eigenvalue weighted by Crippen LogP contribution is -2.41. The summed E-state index contributed by atoms with van der Waals surface area (Å²) < 4.78 is 13.0. The van der Waals surface area contributed by atoms with Crippen LogP contribution in [-0.4, -0.2) is 17.1 Å². The van der Waals surface area contributed by atoms with E-state index < -0.39 is 5.97 Å². The molecular weight excluding hydrogens is 269 g/mol. The van der Waals surface area contributed by atoms with Crippen molar-refractivity contribution in [2.45, 2.75) is 38.3 Å². The Balaban J connectivity index is 0.00000180. The molecule has 0 spiro atoms. The van der Waals surface area contributed by atoms with Crippen LogP contribution in [0.2, 0.25) is 0 Å². The van der Waals surface area contributed by atoms with Crippen LogP contribution in [0.3, 0.4) is 0 Å². The van der Waals surface area contributed by atoms with E-state index in [2.05, 4.69) is 5.32 Å². The number of hydrogen-bond acceptors (Lipinski definition) is 2. The van der Waals surface area contributed by atoms with Gasteiger partial charge in [0, 0.05) is 12.6 Å². The molecule has 19 heavy (non-hydrogen) atoms. The van der Waals surface area contributed by atoms with Crippen LogP contribution in [0.5, 0.6) is 0 Å². The molecular formula is C14H19ClFNO2. The van der Waals surface area contributed by atoms with Crippen LogP contribution in [0.15, 0.2) is 24.3 Å². The molecule has 0 aliphatic heterocycles. The number of carboxylic acid groups (broad SMARTS) is 1. The normalized spacial score (nSPS) is 22.6. The Bertz CT molecular complexity index is 428. The summed E-state index contributed by atoms with van der Waals surface area (Å²) in [7, 11) is 0. The standard InChI is InChI=1S/C14H18FNO2.ClH/c15-11-5-3-4-10(8-11)9-16-13-7-2-1-6-12(13)14(17)18;/h3-5,8,12-13,16H,1-2,6-7,9H2,(H,17,18);1H. The molecule has 3 nitrogen and oxygen atoms in total. The van der Waals surface area contributed by atoms with Gasteiger partial charge in [0.2, 0.25) is 0 Å². The van der Waals surface area contributed by atoms with Gasteiger partial charge in [-0.3, -0.25) is 4.79 Å². The van der Waals surface area contributed by atoms with E-state index in [1.165, 1.54) is 12.1 Å². The summed E-state index contributed by atoms with van der Waals surface area (Å²) in [4.78, 5) is 11.1. The number of hydrogen-bond donors (Lipinski definition) is 2. The molecule has 2 N–H and O–H groups in total. The predicted octanol–water partition coefficient (Wildman–Crippen LogP) is 2.98. The maximum atomic E-state index is 13.0. The van der Waals surface area contributed by atoms with Crippen molar-refractivity contribution in [1.29, 1.82) is 0 Å². The molecule has 1 aromatic carbocycles. The maximum Gasteiger partial charge on any atom is 0.308 e. The summed E-state index contributed by atoms with van der Waals surface area (Å²) >= 11 is 0. The van der Waals surface area contributed by atoms with Gasteiger partial charge >= 0.3 is 5.97 Å². The van der Waals surface area contributed by atoms with Crippen molar-refractivity contribution in [2.75, 3.05) is 0 Å². The van der Waals surface area contributed by atoms with Gasteiger partial charge in [-0.2, -0.15) is 0 Å². The second kappa shape index (κ2) is 7.46. The van der Waals surface area contributed by atoms with Crippen LogP contribution in [0.1, 0.15) is 31.2 Å². The zero-order valence-corrected chi connectivity index (χ0v) is 11.5. The van der Waals surface area contributed by atoms with Crippen LogP contribution < -0.4 is 5.32 Å². The van der Waals surface area contributed by atoms with E-state index in [0.717, 1.165) is 31.2 Å². The van der Waals surface area contributed by atoms with Gasteiger partial charge < -0.3 is 10.4 Å². The Labute approximate surface area is 118 Å². The van der Waals surface area contributed by atoms with Crippen molar-refractivity contribution in [3.8, 4) is 0 Å². The fourth-order valence-electron chi connectivity index (χ4n) is 2.57. The third-order valence-corrected chi connectivity index (χ3v) is 3.54. The number of benzene rings is 1. The molecule has 0 amide bonds. The Hall–Kier alpha value is -1.13. The minimum atomic E-state index is -0.730. The van der Waals surface area contributed by atoms with E-state index in [4.69, 9.17) is 5.11 Å². The molecule has 1 aliphatic rings. The molecule has 106 valence electrons. The average Bonchev–Trinajstić information content (AvgIpc) is 2.37. The Morgan fingerprint density at radius 1 is 1.37 bits per heavy atom. The minimum absolute atomic E-state index is 0. The largest absolute Gasteiger partial charge is 0.481 e. The first kappa shape index (κ1) is 15.9. The van der Waals surface area contributed by atoms with E-state index in [0.29, 0.717) is 6.54 Å². The van der Waals surface area contributed by atoms with Crippen molar-refractivity contribution >= 4 is 18.4 Å². The minimum Gasteiger partial charge on any atom is -0.481 e. The zero-order valence-electron chi connectivity index (χ0n) is 10.6. The molecule has 1 aliphatic carbocycles. The number of halogens is 2. The smallest absolute Gasteiger partial charge is 0.308 e. The second-order valence-electron chi connectivity index (χ2n) is 4.85. The third-order valence-electron chi connectivity index (χ3n) is 3.54. The molecule has 0 aromatic heterocycles. The highest BCUT2D eigenvalue weighted by molar-refractivity contribution is 5.85. The number of carboxylic acids is 1. The number of rotatable bonds is 4. The van der Waals surface area contributed by atoms with Gasteiger partial charge in [0.15, 0.2) is 0 Å². The van der Waals surface area contributed by atoms with Gasteiger partial charge in [0.25, 0.3) is 0 Å². The molecule has 0 saturated heterocycles. The van der Waals surface area contributed by atoms with Gasteiger partial charge in [-0.15, -0.1) is 12.4 Å². The van der Waals surface area contributed by atoms with Crippen LogP contribution in [0.4, 0.5) is 4.39 Å². The van der Waals surface area contributed by atoms with Gasteiger partial charge in [-0.05, 0) is 30.5 Å². The topological polar surface area (TPSA) is 49.3 Å². The molecule has 1 aromatic rings. The first-order valence-corrected chi connectivity index (χ1v) is 6.37. The van der Waals surface area contributed by atoms with Crippen molar-refractivity contribution < 1.29 is 14.3 Å². The quantitative estimate of drug-likeness (QED) is 0.895. The molecule has 1 fully saturated rings. The van der Waals surface area contributed by atoms with Crippen molar-refractivity contribution in [1.82, 2.24) is 5.32 Å². The lowest BCUT2D eigenvalue weighted by Gasteiger charge is -2.29. The summed E-state index contributed by atoms with van der Waals surface area (Å²) in [6, 6.07) is 6.39. The summed E-state index contributed by atoms with van der Waals surface area (Å²) in [5.74, 6) is -1.30. The molecule has 1 saturated carbocycles. The molecule has 2 unspecified atom stereocenters. The highest BCUT2D eigenvalue weighted by Gasteiger charge is 2.30. The summed E-state index contributed by atoms with van der Waals surface area (Å²) in [5, 5.41) is 12.4. The third kappa shape index (κ3) is 4.48. The van der Waals surface area contributed by atoms with Crippen molar-refractivity contribution in [3.05, 3.63) is 35.6 Å². The van der Waals surface area contributed by atoms with Crippen LogP contribution >= 0.6 is 12.4 Å². The average molecular weight is 288 g/mol. The molecule has 5 heteroatoms. The number of nitrogens with one attached hydrogen (secondary N) is 1. The van der Waals surface area contributed by atoms with Crippen molar-refractivity contribution in [2.24, 2.45) is 5.92 Å². The van der Waals surface area contributed by atoms with E-state index in [9.17, 15) is 9.18 Å². The zero-order chi connectivity index (χ0) is 13.0. The number of carbonyl (C=O) groups is 1. The molecule has 2 rings (SSSR count). The highest BCUT2D eigenvalue weighted by Crippen LogP contribution is 2.25. The Morgan fingerprint density at radius 3 is 2.79 bits per heavy atom. The van der Waals surface area contributed by atoms with E-state index in [1.807, 2.05) is 6.07 Å². The molecule has 0 radical (unpaired) electrons. The molecule has 0 bridgehead atoms. The van der Waals surface area contributed by atoms with Crippen LogP contribution in [0, 0.1) is 11.7 Å². The summed E-state index contributed by atoms with van der Waals surface area (Å²) in [5.41, 5.74) is 0.852. The monoisotopic (exact) mass is 287 g/mol. The second-order valence-corrected chi connectivity index (χ2v) is 4.85. The fraction of sp³-hybridized carbons (Fsp3) is 0.500. The summed E-state index contributed by atoms with van der Waals surface area (Å²) in [6.45, 7) is 0.520. The lowest BCUT2D eigenvalue weighted by molar-refractivity contribution is -0.143. The first-order valence-electron chi connectivity index (χ1n) is 6.37. The van der Waals surface area contributed by atoms with E-state index >= 15 is 0 Å².